The van der Waals surface area contributed by atoms with Gasteiger partial charge in [-0.3, -0.25) is 9.59 Å². The number of hydrogen-bond donors (Lipinski definition) is 1. The van der Waals surface area contributed by atoms with Crippen LogP contribution in [0.15, 0.2) is 36.4 Å². The minimum atomic E-state index is -0.609. The molecule has 102 valence electrons. The van der Waals surface area contributed by atoms with Gasteiger partial charge in [-0.15, -0.1) is 0 Å². The van der Waals surface area contributed by atoms with Gasteiger partial charge >= 0.3 is 0 Å². The lowest BCUT2D eigenvalue weighted by atomic mass is 9.71. The minimum absolute atomic E-state index is 0.0615. The topological polar surface area (TPSA) is 57.6 Å². The molecule has 1 saturated carbocycles. The Morgan fingerprint density at radius 3 is 2.80 bits per heavy atom. The van der Waals surface area contributed by atoms with Gasteiger partial charge in [0.1, 0.15) is 5.75 Å². The van der Waals surface area contributed by atoms with Gasteiger partial charge in [-0.05, 0) is 37.3 Å². The molecule has 2 fully saturated rings. The summed E-state index contributed by atoms with van der Waals surface area (Å²) in [7, 11) is 0. The number of aromatic hydroxyl groups is 1. The number of benzene rings is 1. The first-order valence-electron chi connectivity index (χ1n) is 6.89. The van der Waals surface area contributed by atoms with Crippen molar-refractivity contribution in [1.82, 2.24) is 0 Å². The molecule has 4 nitrogen and oxygen atoms in total. The summed E-state index contributed by atoms with van der Waals surface area (Å²) in [5.41, 5.74) is -0.142. The Balaban J connectivity index is 1.82. The Kier molecular flexibility index (Phi) is 2.05. The van der Waals surface area contributed by atoms with E-state index in [0.717, 1.165) is 6.42 Å². The summed E-state index contributed by atoms with van der Waals surface area (Å²) in [5, 5.41) is 9.57. The fourth-order valence-electron chi connectivity index (χ4n) is 4.18. The molecule has 1 N–H and O–H groups in total. The quantitative estimate of drug-likeness (QED) is 0.627. The normalized spacial score (nSPS) is 37.9. The third-order valence-electron chi connectivity index (χ3n) is 5.20. The molecule has 0 unspecified atom stereocenters. The number of carbonyl (C=O) groups is 2. The number of anilines is 1. The van der Waals surface area contributed by atoms with Crippen molar-refractivity contribution in [2.24, 2.45) is 23.2 Å². The number of phenols is 1. The molecule has 4 rings (SSSR count). The Labute approximate surface area is 116 Å². The predicted octanol–water partition coefficient (Wildman–Crippen LogP) is 2.09. The third-order valence-corrected chi connectivity index (χ3v) is 5.20. The van der Waals surface area contributed by atoms with Crippen LogP contribution >= 0.6 is 0 Å². The van der Waals surface area contributed by atoms with E-state index >= 15 is 0 Å². The van der Waals surface area contributed by atoms with Crippen LogP contribution in [0.2, 0.25) is 0 Å². The summed E-state index contributed by atoms with van der Waals surface area (Å²) in [5.74, 6) is -0.0892. The second-order valence-corrected chi connectivity index (χ2v) is 6.15. The van der Waals surface area contributed by atoms with Crippen LogP contribution in [0.4, 0.5) is 5.69 Å². The van der Waals surface area contributed by atoms with Crippen LogP contribution in [-0.4, -0.2) is 16.9 Å². The number of nitrogens with zero attached hydrogens (tertiary/aromatic N) is 1. The highest BCUT2D eigenvalue weighted by Crippen LogP contribution is 2.60. The Morgan fingerprint density at radius 1 is 1.30 bits per heavy atom. The smallest absolute Gasteiger partial charge is 0.241 e. The zero-order chi connectivity index (χ0) is 14.1. The molecule has 0 spiro atoms. The van der Waals surface area contributed by atoms with Crippen LogP contribution in [0.5, 0.6) is 5.75 Å². The van der Waals surface area contributed by atoms with Gasteiger partial charge in [-0.1, -0.05) is 18.2 Å². The molecule has 2 aliphatic carbocycles. The van der Waals surface area contributed by atoms with Gasteiger partial charge in [0.2, 0.25) is 11.8 Å². The monoisotopic (exact) mass is 269 g/mol. The maximum atomic E-state index is 12.8. The molecule has 1 aliphatic heterocycles. The maximum Gasteiger partial charge on any atom is 0.241 e. The van der Waals surface area contributed by atoms with Crippen molar-refractivity contribution < 1.29 is 14.7 Å². The molecule has 0 radical (unpaired) electrons. The molecular weight excluding hydrogens is 254 g/mol. The SMILES string of the molecule is C[C@@]12C(=O)N(c3cccc(O)c3)C(=O)[C@H]1[C@H]1C=C[C@@H]2C1. The van der Waals surface area contributed by atoms with E-state index in [0.29, 0.717) is 5.69 Å². The Bertz CT molecular complexity index is 665. The molecule has 2 amide bonds. The van der Waals surface area contributed by atoms with Gasteiger partial charge in [0.25, 0.3) is 0 Å². The fourth-order valence-corrected chi connectivity index (χ4v) is 4.18. The summed E-state index contributed by atoms with van der Waals surface area (Å²) in [4.78, 5) is 26.8. The zero-order valence-electron chi connectivity index (χ0n) is 11.1. The van der Waals surface area contributed by atoms with Crippen molar-refractivity contribution in [3.05, 3.63) is 36.4 Å². The lowest BCUT2D eigenvalue weighted by molar-refractivity contribution is -0.127. The largest absolute Gasteiger partial charge is 0.508 e. The zero-order valence-corrected chi connectivity index (χ0v) is 11.1. The van der Waals surface area contributed by atoms with Gasteiger partial charge in [-0.25, -0.2) is 4.90 Å². The number of carbonyl (C=O) groups excluding carboxylic acids is 2. The van der Waals surface area contributed by atoms with E-state index in [4.69, 9.17) is 0 Å². The molecule has 0 aromatic heterocycles. The number of allylic oxidation sites excluding steroid dienone is 2. The number of fused-ring (bicyclic) bond motifs is 5. The van der Waals surface area contributed by atoms with Crippen molar-refractivity contribution in [3.8, 4) is 5.75 Å². The van der Waals surface area contributed by atoms with Crippen LogP contribution in [0, 0.1) is 23.2 Å². The van der Waals surface area contributed by atoms with Gasteiger partial charge in [0, 0.05) is 6.07 Å². The summed E-state index contributed by atoms with van der Waals surface area (Å²) in [6.07, 6.45) is 5.07. The van der Waals surface area contributed by atoms with E-state index in [-0.39, 0.29) is 35.3 Å². The first kappa shape index (κ1) is 11.7. The molecule has 3 aliphatic rings. The van der Waals surface area contributed by atoms with E-state index in [9.17, 15) is 14.7 Å². The number of amides is 2. The predicted molar refractivity (Wildman–Crippen MR) is 72.9 cm³/mol. The van der Waals surface area contributed by atoms with E-state index in [2.05, 4.69) is 12.2 Å². The van der Waals surface area contributed by atoms with Gasteiger partial charge in [0.05, 0.1) is 17.0 Å². The summed E-state index contributed by atoms with van der Waals surface area (Å²) >= 11 is 0. The minimum Gasteiger partial charge on any atom is -0.508 e. The number of rotatable bonds is 1. The molecule has 1 aromatic carbocycles. The number of imide groups is 1. The highest BCUT2D eigenvalue weighted by atomic mass is 16.3. The van der Waals surface area contributed by atoms with Crippen molar-refractivity contribution in [3.63, 3.8) is 0 Å². The third kappa shape index (κ3) is 1.17. The van der Waals surface area contributed by atoms with Gasteiger partial charge in [0.15, 0.2) is 0 Å². The molecule has 4 heteroatoms. The second kappa shape index (κ2) is 3.51. The van der Waals surface area contributed by atoms with E-state index in [1.807, 2.05) is 6.92 Å². The number of phenolic OH excluding ortho intramolecular Hbond substituents is 1. The molecule has 2 bridgehead atoms. The summed E-state index contributed by atoms with van der Waals surface area (Å²) in [6, 6.07) is 6.33. The lowest BCUT2D eigenvalue weighted by Crippen LogP contribution is -2.37. The fraction of sp³-hybridized carbons (Fsp3) is 0.375. The van der Waals surface area contributed by atoms with Crippen molar-refractivity contribution in [2.75, 3.05) is 4.90 Å². The second-order valence-electron chi connectivity index (χ2n) is 6.15. The molecule has 1 heterocycles. The van der Waals surface area contributed by atoms with E-state index in [1.165, 1.54) is 17.0 Å². The average Bonchev–Trinajstić information content (AvgIpc) is 3.03. The summed E-state index contributed by atoms with van der Waals surface area (Å²) in [6.45, 7) is 1.91. The molecule has 1 saturated heterocycles. The van der Waals surface area contributed by atoms with Gasteiger partial charge in [-0.2, -0.15) is 0 Å². The van der Waals surface area contributed by atoms with E-state index in [1.54, 1.807) is 12.1 Å². The maximum absolute atomic E-state index is 12.8. The van der Waals surface area contributed by atoms with E-state index < -0.39 is 5.41 Å². The number of hydrogen-bond acceptors (Lipinski definition) is 3. The van der Waals surface area contributed by atoms with Crippen LogP contribution < -0.4 is 4.90 Å². The molecule has 20 heavy (non-hydrogen) atoms. The van der Waals surface area contributed by atoms with Crippen molar-refractivity contribution >= 4 is 17.5 Å². The first-order chi connectivity index (χ1) is 9.53. The van der Waals surface area contributed by atoms with Crippen molar-refractivity contribution in [2.45, 2.75) is 13.3 Å². The van der Waals surface area contributed by atoms with Crippen LogP contribution in [-0.2, 0) is 9.59 Å². The van der Waals surface area contributed by atoms with Crippen LogP contribution in [0.3, 0.4) is 0 Å². The average molecular weight is 269 g/mol. The Morgan fingerprint density at radius 2 is 2.10 bits per heavy atom. The standard InChI is InChI=1S/C16H15NO3/c1-16-10-6-5-9(7-10)13(16)14(19)17(15(16)20)11-3-2-4-12(18)8-11/h2-6,8-10,13,18H,7H2,1H3/t9-,10+,13+,16-/m0/s1. The molecular formula is C16H15NO3. The van der Waals surface area contributed by atoms with Crippen molar-refractivity contribution in [1.29, 1.82) is 0 Å². The van der Waals surface area contributed by atoms with Gasteiger partial charge < -0.3 is 5.11 Å². The molecule has 1 aromatic rings. The van der Waals surface area contributed by atoms with Crippen LogP contribution in [0.25, 0.3) is 0 Å². The summed E-state index contributed by atoms with van der Waals surface area (Å²) < 4.78 is 0. The molecule has 4 atom stereocenters. The highest BCUT2D eigenvalue weighted by Gasteiger charge is 2.67. The first-order valence-corrected chi connectivity index (χ1v) is 6.89. The van der Waals surface area contributed by atoms with Crippen LogP contribution in [0.1, 0.15) is 13.3 Å². The lowest BCUT2D eigenvalue weighted by Gasteiger charge is -2.28. The Hall–Kier alpha value is -2.10. The highest BCUT2D eigenvalue weighted by molar-refractivity contribution is 6.24.